The molecule has 1 fully saturated rings. The van der Waals surface area contributed by atoms with E-state index in [0.29, 0.717) is 11.7 Å². The van der Waals surface area contributed by atoms with Crippen LogP contribution >= 0.6 is 0 Å². The van der Waals surface area contributed by atoms with Gasteiger partial charge in [-0.2, -0.15) is 0 Å². The second-order valence-electron chi connectivity index (χ2n) is 5.99. The lowest BCUT2D eigenvalue weighted by Gasteiger charge is -2.10. The van der Waals surface area contributed by atoms with Gasteiger partial charge in [-0.15, -0.1) is 0 Å². The van der Waals surface area contributed by atoms with Gasteiger partial charge in [0.1, 0.15) is 23.9 Å². The van der Waals surface area contributed by atoms with Crippen LogP contribution in [-0.4, -0.2) is 17.2 Å². The topological polar surface area (TPSA) is 55.8 Å². The Hall–Kier alpha value is -2.56. The maximum absolute atomic E-state index is 14.3. The van der Waals surface area contributed by atoms with Gasteiger partial charge in [0.05, 0.1) is 6.10 Å². The zero-order chi connectivity index (χ0) is 17.1. The number of hydrogen-bond donors (Lipinski definition) is 1. The van der Waals surface area contributed by atoms with Crippen molar-refractivity contribution in [3.8, 4) is 11.5 Å². The molecular weight excluding hydrogens is 311 g/mol. The maximum atomic E-state index is 14.3. The van der Waals surface area contributed by atoms with Crippen molar-refractivity contribution in [2.24, 2.45) is 0 Å². The third kappa shape index (κ3) is 4.25. The minimum atomic E-state index is -0.518. The molecule has 3 rings (SSSR count). The van der Waals surface area contributed by atoms with Crippen LogP contribution in [0, 0.1) is 5.82 Å². The summed E-state index contributed by atoms with van der Waals surface area (Å²) in [5.41, 5.74) is 1.51. The molecule has 0 heterocycles. The zero-order valence-corrected chi connectivity index (χ0v) is 13.4. The van der Waals surface area contributed by atoms with Gasteiger partial charge >= 0.3 is 5.97 Å². The third-order valence-corrected chi connectivity index (χ3v) is 3.81. The standard InChI is InChI=1S/C19H19FO4/c1-12(21)23-11-14-9-18(20)17(19(22)10-14)8-13-2-4-15(5-3-13)24-16-6-7-16/h2-5,9-10,16,22H,6-8,11H2,1H3. The summed E-state index contributed by atoms with van der Waals surface area (Å²) < 4.78 is 24.7. The van der Waals surface area contributed by atoms with Gasteiger partial charge in [0.2, 0.25) is 0 Å². The molecular formula is C19H19FO4. The molecule has 2 aromatic carbocycles. The summed E-state index contributed by atoms with van der Waals surface area (Å²) in [6.07, 6.45) is 2.80. The summed E-state index contributed by atoms with van der Waals surface area (Å²) in [5, 5.41) is 10.1. The Morgan fingerprint density at radius 1 is 1.21 bits per heavy atom. The van der Waals surface area contributed by atoms with E-state index in [4.69, 9.17) is 9.47 Å². The largest absolute Gasteiger partial charge is 0.508 e. The lowest BCUT2D eigenvalue weighted by molar-refractivity contribution is -0.142. The Morgan fingerprint density at radius 3 is 2.50 bits per heavy atom. The summed E-state index contributed by atoms with van der Waals surface area (Å²) in [7, 11) is 0. The first-order valence-electron chi connectivity index (χ1n) is 7.90. The van der Waals surface area contributed by atoms with Crippen molar-refractivity contribution in [2.45, 2.75) is 38.9 Å². The molecule has 0 spiro atoms. The van der Waals surface area contributed by atoms with E-state index in [0.717, 1.165) is 24.2 Å². The summed E-state index contributed by atoms with van der Waals surface area (Å²) in [5.74, 6) is -0.305. The van der Waals surface area contributed by atoms with Crippen LogP contribution in [-0.2, 0) is 22.6 Å². The van der Waals surface area contributed by atoms with Crippen LogP contribution in [0.1, 0.15) is 36.5 Å². The molecule has 0 bridgehead atoms. The number of ether oxygens (including phenoxy) is 2. The monoisotopic (exact) mass is 330 g/mol. The van der Waals surface area contributed by atoms with E-state index >= 15 is 0 Å². The van der Waals surface area contributed by atoms with Crippen molar-refractivity contribution in [2.75, 3.05) is 0 Å². The number of benzene rings is 2. The summed E-state index contributed by atoms with van der Waals surface area (Å²) in [4.78, 5) is 10.8. The number of rotatable bonds is 6. The van der Waals surface area contributed by atoms with E-state index in [1.807, 2.05) is 24.3 Å². The quantitative estimate of drug-likeness (QED) is 0.820. The summed E-state index contributed by atoms with van der Waals surface area (Å²) in [6.45, 7) is 1.22. The van der Waals surface area contributed by atoms with Crippen LogP contribution in [0.15, 0.2) is 36.4 Å². The average Bonchev–Trinajstić information content (AvgIpc) is 3.34. The number of phenolic OH excluding ortho intramolecular Hbond substituents is 1. The Balaban J connectivity index is 1.70. The van der Waals surface area contributed by atoms with Gasteiger partial charge in [-0.3, -0.25) is 4.79 Å². The van der Waals surface area contributed by atoms with Gasteiger partial charge in [-0.05, 0) is 48.2 Å². The Labute approximate surface area is 139 Å². The summed E-state index contributed by atoms with van der Waals surface area (Å²) >= 11 is 0. The van der Waals surface area contributed by atoms with Crippen molar-refractivity contribution < 1.29 is 23.8 Å². The number of aromatic hydroxyl groups is 1. The molecule has 0 unspecified atom stereocenters. The van der Waals surface area contributed by atoms with Crippen molar-refractivity contribution in [1.29, 1.82) is 0 Å². The number of esters is 1. The number of phenols is 1. The second-order valence-corrected chi connectivity index (χ2v) is 5.99. The third-order valence-electron chi connectivity index (χ3n) is 3.81. The molecule has 0 aliphatic heterocycles. The van der Waals surface area contributed by atoms with Gasteiger partial charge in [0.15, 0.2) is 0 Å². The smallest absolute Gasteiger partial charge is 0.302 e. The van der Waals surface area contributed by atoms with Crippen LogP contribution in [0.3, 0.4) is 0 Å². The molecule has 0 saturated heterocycles. The summed E-state index contributed by atoms with van der Waals surface area (Å²) in [6, 6.07) is 10.1. The zero-order valence-electron chi connectivity index (χ0n) is 13.4. The van der Waals surface area contributed by atoms with Crippen molar-refractivity contribution in [3.05, 3.63) is 58.9 Å². The van der Waals surface area contributed by atoms with Crippen LogP contribution in [0.4, 0.5) is 4.39 Å². The van der Waals surface area contributed by atoms with E-state index in [-0.39, 0.29) is 24.3 Å². The fourth-order valence-corrected chi connectivity index (χ4v) is 2.39. The predicted octanol–water partition coefficient (Wildman–Crippen LogP) is 3.73. The highest BCUT2D eigenvalue weighted by molar-refractivity contribution is 5.65. The van der Waals surface area contributed by atoms with Crippen molar-refractivity contribution in [3.63, 3.8) is 0 Å². The van der Waals surface area contributed by atoms with Gasteiger partial charge < -0.3 is 14.6 Å². The first-order chi connectivity index (χ1) is 11.5. The second kappa shape index (κ2) is 6.91. The molecule has 24 heavy (non-hydrogen) atoms. The number of halogens is 1. The molecule has 126 valence electrons. The first-order valence-corrected chi connectivity index (χ1v) is 7.90. The predicted molar refractivity (Wildman–Crippen MR) is 86.4 cm³/mol. The number of carbonyl (C=O) groups excluding carboxylic acids is 1. The van der Waals surface area contributed by atoms with Gasteiger partial charge in [-0.1, -0.05) is 12.1 Å². The number of carbonyl (C=O) groups is 1. The Morgan fingerprint density at radius 2 is 1.92 bits per heavy atom. The fraction of sp³-hybridized carbons (Fsp3) is 0.316. The van der Waals surface area contributed by atoms with Gasteiger partial charge in [-0.25, -0.2) is 4.39 Å². The lowest BCUT2D eigenvalue weighted by atomic mass is 10.0. The Bertz CT molecular complexity index is 713. The average molecular weight is 330 g/mol. The molecule has 0 radical (unpaired) electrons. The van der Waals surface area contributed by atoms with Crippen LogP contribution in [0.25, 0.3) is 0 Å². The molecule has 1 aliphatic carbocycles. The van der Waals surface area contributed by atoms with Crippen LogP contribution in [0.2, 0.25) is 0 Å². The molecule has 4 nitrogen and oxygen atoms in total. The van der Waals surface area contributed by atoms with Crippen molar-refractivity contribution >= 4 is 5.97 Å². The minimum Gasteiger partial charge on any atom is -0.508 e. The van der Waals surface area contributed by atoms with E-state index < -0.39 is 11.8 Å². The first kappa shape index (κ1) is 16.3. The van der Waals surface area contributed by atoms with Gasteiger partial charge in [0.25, 0.3) is 0 Å². The highest BCUT2D eigenvalue weighted by Gasteiger charge is 2.23. The number of hydrogen-bond acceptors (Lipinski definition) is 4. The van der Waals surface area contributed by atoms with Crippen LogP contribution < -0.4 is 4.74 Å². The van der Waals surface area contributed by atoms with Crippen molar-refractivity contribution in [1.82, 2.24) is 0 Å². The molecule has 2 aromatic rings. The van der Waals surface area contributed by atoms with E-state index in [9.17, 15) is 14.3 Å². The molecule has 1 aliphatic rings. The lowest BCUT2D eigenvalue weighted by Crippen LogP contribution is -2.01. The molecule has 1 N–H and O–H groups in total. The Kier molecular flexibility index (Phi) is 4.69. The van der Waals surface area contributed by atoms with Gasteiger partial charge in [0, 0.05) is 18.9 Å². The molecule has 5 heteroatoms. The molecule has 1 saturated carbocycles. The highest BCUT2D eigenvalue weighted by Crippen LogP contribution is 2.29. The molecule has 0 aromatic heterocycles. The molecule has 0 atom stereocenters. The fourth-order valence-electron chi connectivity index (χ4n) is 2.39. The SMILES string of the molecule is CC(=O)OCc1cc(O)c(Cc2ccc(OC3CC3)cc2)c(F)c1. The van der Waals surface area contributed by atoms with E-state index in [2.05, 4.69) is 0 Å². The molecule has 0 amide bonds. The minimum absolute atomic E-state index is 0.0622. The normalized spacial score (nSPS) is 13.6. The van der Waals surface area contributed by atoms with E-state index in [1.165, 1.54) is 19.1 Å². The van der Waals surface area contributed by atoms with E-state index in [1.54, 1.807) is 0 Å². The van der Waals surface area contributed by atoms with Crippen LogP contribution in [0.5, 0.6) is 11.5 Å². The highest BCUT2D eigenvalue weighted by atomic mass is 19.1. The maximum Gasteiger partial charge on any atom is 0.302 e.